The number of carbonyl (C=O) groups is 1. The van der Waals surface area contributed by atoms with Crippen LogP contribution in [-0.2, 0) is 4.79 Å². The van der Waals surface area contributed by atoms with Gasteiger partial charge in [0.2, 0.25) is 12.5 Å². The first-order valence-corrected chi connectivity index (χ1v) is 8.66. The summed E-state index contributed by atoms with van der Waals surface area (Å²) in [5, 5.41) is 7.82. The van der Waals surface area contributed by atoms with Crippen LogP contribution in [0.25, 0.3) is 22.2 Å². The van der Waals surface area contributed by atoms with Gasteiger partial charge in [-0.3, -0.25) is 4.79 Å². The van der Waals surface area contributed by atoms with E-state index in [4.69, 9.17) is 38.6 Å². The lowest BCUT2D eigenvalue weighted by atomic mass is 10.0. The monoisotopic (exact) mass is 399 g/mol. The Balaban J connectivity index is 0.000000755. The second-order valence-corrected chi connectivity index (χ2v) is 6.04. The zero-order chi connectivity index (χ0) is 21.0. The molecule has 8 nitrogen and oxygen atoms in total. The van der Waals surface area contributed by atoms with E-state index in [1.165, 1.54) is 0 Å². The largest absolute Gasteiger partial charge is 0.496 e. The van der Waals surface area contributed by atoms with Crippen LogP contribution in [0, 0.1) is 6.92 Å². The highest BCUT2D eigenvalue weighted by Gasteiger charge is 2.22. The lowest BCUT2D eigenvalue weighted by Crippen LogP contribution is -1.96. The molecule has 29 heavy (non-hydrogen) atoms. The summed E-state index contributed by atoms with van der Waals surface area (Å²) in [7, 11) is 4.89. The summed E-state index contributed by atoms with van der Waals surface area (Å²) in [5.74, 6) is 3.34. The molecule has 0 amide bonds. The topological polar surface area (TPSA) is 96.3 Å². The molecule has 8 heteroatoms. The highest BCUT2D eigenvalue weighted by atomic mass is 16.7. The van der Waals surface area contributed by atoms with Gasteiger partial charge in [-0.2, -0.15) is 0 Å². The van der Waals surface area contributed by atoms with Crippen LogP contribution in [0.3, 0.4) is 0 Å². The zero-order valence-electron chi connectivity index (χ0n) is 16.5. The first kappa shape index (κ1) is 20.1. The number of nitrogens with zero attached hydrogens (tertiary/aromatic N) is 1. The van der Waals surface area contributed by atoms with Crippen molar-refractivity contribution in [1.29, 1.82) is 0 Å². The predicted octanol–water partition coefficient (Wildman–Crippen LogP) is 3.67. The fourth-order valence-electron chi connectivity index (χ4n) is 3.24. The van der Waals surface area contributed by atoms with E-state index in [9.17, 15) is 0 Å². The van der Waals surface area contributed by atoms with Crippen LogP contribution in [0.2, 0.25) is 0 Å². The summed E-state index contributed by atoms with van der Waals surface area (Å²) in [6.07, 6.45) is 0. The van der Waals surface area contributed by atoms with Gasteiger partial charge in [0.1, 0.15) is 17.0 Å². The van der Waals surface area contributed by atoms with Crippen LogP contribution >= 0.6 is 0 Å². The molecular formula is C21H21NO7. The molecule has 0 atom stereocenters. The van der Waals surface area contributed by atoms with Crippen LogP contribution in [0.4, 0.5) is 0 Å². The van der Waals surface area contributed by atoms with Crippen molar-refractivity contribution in [3.63, 3.8) is 0 Å². The molecule has 0 bridgehead atoms. The Morgan fingerprint density at radius 1 is 1.00 bits per heavy atom. The van der Waals surface area contributed by atoms with Gasteiger partial charge in [0.05, 0.1) is 27.0 Å². The quantitative estimate of drug-likeness (QED) is 0.664. The van der Waals surface area contributed by atoms with Crippen molar-refractivity contribution < 1.29 is 33.6 Å². The van der Waals surface area contributed by atoms with Gasteiger partial charge in [0.25, 0.3) is 6.47 Å². The summed E-state index contributed by atoms with van der Waals surface area (Å²) in [5.41, 5.74) is 3.45. The average molecular weight is 399 g/mol. The number of rotatable bonds is 4. The molecule has 0 saturated carbocycles. The maximum atomic E-state index is 8.36. The number of carboxylic acid groups (broad SMARTS) is 1. The van der Waals surface area contributed by atoms with Crippen molar-refractivity contribution in [3.8, 4) is 40.0 Å². The zero-order valence-corrected chi connectivity index (χ0v) is 16.5. The van der Waals surface area contributed by atoms with Crippen molar-refractivity contribution in [2.75, 3.05) is 28.1 Å². The molecule has 0 aliphatic carbocycles. The molecule has 3 aromatic rings. The third-order valence-corrected chi connectivity index (χ3v) is 4.48. The number of pyridine rings is 1. The van der Waals surface area contributed by atoms with Gasteiger partial charge in [0.15, 0.2) is 11.5 Å². The molecule has 1 aliphatic rings. The lowest BCUT2D eigenvalue weighted by molar-refractivity contribution is -0.122. The van der Waals surface area contributed by atoms with Gasteiger partial charge in [0, 0.05) is 10.9 Å². The van der Waals surface area contributed by atoms with E-state index in [-0.39, 0.29) is 13.3 Å². The molecule has 2 heterocycles. The van der Waals surface area contributed by atoms with E-state index in [1.54, 1.807) is 21.3 Å². The molecule has 0 spiro atoms. The number of fused-ring (bicyclic) bond motifs is 2. The summed E-state index contributed by atoms with van der Waals surface area (Å²) in [4.78, 5) is 13.2. The molecule has 152 valence electrons. The van der Waals surface area contributed by atoms with Crippen molar-refractivity contribution in [1.82, 2.24) is 4.98 Å². The minimum atomic E-state index is -0.250. The van der Waals surface area contributed by atoms with Gasteiger partial charge >= 0.3 is 0 Å². The Morgan fingerprint density at radius 3 is 2.31 bits per heavy atom. The number of methoxy groups -OCH3 is 3. The average Bonchev–Trinajstić information content (AvgIpc) is 3.21. The van der Waals surface area contributed by atoms with E-state index < -0.39 is 0 Å². The molecule has 4 rings (SSSR count). The normalized spacial score (nSPS) is 11.4. The summed E-state index contributed by atoms with van der Waals surface area (Å²) in [6, 6.07) is 9.57. The number of ether oxygens (including phenoxy) is 5. The van der Waals surface area contributed by atoms with Gasteiger partial charge < -0.3 is 28.8 Å². The molecule has 0 radical (unpaired) electrons. The van der Waals surface area contributed by atoms with Crippen LogP contribution in [-0.4, -0.2) is 44.7 Å². The molecule has 1 N–H and O–H groups in total. The van der Waals surface area contributed by atoms with Gasteiger partial charge in [-0.05, 0) is 42.8 Å². The van der Waals surface area contributed by atoms with Crippen molar-refractivity contribution in [2.45, 2.75) is 6.92 Å². The van der Waals surface area contributed by atoms with Crippen molar-refractivity contribution in [2.24, 2.45) is 0 Å². The second kappa shape index (κ2) is 8.55. The fraction of sp³-hybridized carbons (Fsp3) is 0.238. The number of hydrogen-bond donors (Lipinski definition) is 1. The van der Waals surface area contributed by atoms with Crippen LogP contribution < -0.4 is 23.7 Å². The smallest absolute Gasteiger partial charge is 0.290 e. The highest BCUT2D eigenvalue weighted by Crippen LogP contribution is 2.45. The second-order valence-electron chi connectivity index (χ2n) is 6.04. The maximum absolute atomic E-state index is 8.36. The minimum Gasteiger partial charge on any atom is -0.496 e. The molecule has 1 aromatic heterocycles. The van der Waals surface area contributed by atoms with Crippen LogP contribution in [0.15, 0.2) is 30.3 Å². The van der Waals surface area contributed by atoms with Crippen molar-refractivity contribution >= 4 is 17.4 Å². The fourth-order valence-corrected chi connectivity index (χ4v) is 3.24. The molecule has 0 unspecified atom stereocenters. The third-order valence-electron chi connectivity index (χ3n) is 4.48. The number of benzene rings is 2. The number of aryl methyl sites for hydroxylation is 1. The number of aromatic nitrogens is 1. The lowest BCUT2D eigenvalue weighted by Gasteiger charge is -2.14. The first-order chi connectivity index (χ1) is 14.1. The number of hydrogen-bond acceptors (Lipinski definition) is 7. The highest BCUT2D eigenvalue weighted by molar-refractivity contribution is 5.94. The molecule has 0 fully saturated rings. The Labute approximate surface area is 167 Å². The van der Waals surface area contributed by atoms with E-state index >= 15 is 0 Å². The third kappa shape index (κ3) is 3.69. The Bertz CT molecular complexity index is 1050. The summed E-state index contributed by atoms with van der Waals surface area (Å²) in [6.45, 7) is 1.96. The molecule has 2 aromatic carbocycles. The summed E-state index contributed by atoms with van der Waals surface area (Å²) < 4.78 is 27.4. The van der Waals surface area contributed by atoms with E-state index in [0.29, 0.717) is 23.0 Å². The SMILES string of the molecule is COc1cc(-c2cc(C)c3c(OC)ccc(OC)c3n2)cc2c1OCO2.O=CO. The van der Waals surface area contributed by atoms with E-state index in [0.717, 1.165) is 33.5 Å². The predicted molar refractivity (Wildman–Crippen MR) is 106 cm³/mol. The summed E-state index contributed by atoms with van der Waals surface area (Å²) >= 11 is 0. The molecule has 0 saturated heterocycles. The Kier molecular flexibility index (Phi) is 5.92. The van der Waals surface area contributed by atoms with E-state index in [1.807, 2.05) is 37.3 Å². The van der Waals surface area contributed by atoms with Gasteiger partial charge in [-0.1, -0.05) is 0 Å². The standard InChI is InChI=1S/C20H19NO5.CH2O2/c1-11-7-13(12-8-16(24-4)20-17(9-12)25-10-26-20)21-19-15(23-3)6-5-14(22-2)18(11)19;2-1-3/h5-9H,10H2,1-4H3;1H,(H,2,3). The van der Waals surface area contributed by atoms with Crippen LogP contribution in [0.5, 0.6) is 28.7 Å². The van der Waals surface area contributed by atoms with E-state index in [2.05, 4.69) is 0 Å². The molecule has 1 aliphatic heterocycles. The van der Waals surface area contributed by atoms with Gasteiger partial charge in [-0.25, -0.2) is 4.98 Å². The maximum Gasteiger partial charge on any atom is 0.290 e. The molecular weight excluding hydrogens is 378 g/mol. The van der Waals surface area contributed by atoms with Gasteiger partial charge in [-0.15, -0.1) is 0 Å². The first-order valence-electron chi connectivity index (χ1n) is 8.66. The Hall–Kier alpha value is -3.68. The minimum absolute atomic E-state index is 0.185. The van der Waals surface area contributed by atoms with Crippen LogP contribution in [0.1, 0.15) is 5.56 Å². The van der Waals surface area contributed by atoms with Crippen molar-refractivity contribution in [3.05, 3.63) is 35.9 Å². The Morgan fingerprint density at radius 2 is 1.66 bits per heavy atom.